The van der Waals surface area contributed by atoms with Gasteiger partial charge in [0.1, 0.15) is 54.9 Å². The van der Waals surface area contributed by atoms with Gasteiger partial charge in [-0.2, -0.15) is 0 Å². The van der Waals surface area contributed by atoms with Gasteiger partial charge in [0.2, 0.25) is 11.7 Å². The number of allylic oxidation sites excluding steroid dienone is 12. The number of amides is 1. The number of aliphatic hydroxyl groups excluding tert-OH is 16. The minimum atomic E-state index is -2.68. The van der Waals surface area contributed by atoms with E-state index in [2.05, 4.69) is 5.32 Å². The second-order valence-electron chi connectivity index (χ2n) is 25.9. The molecule has 28 atom stereocenters. The molecule has 0 spiro atoms. The normalized spacial score (nSPS) is 45.9. The molecule has 542 valence electrons. The van der Waals surface area contributed by atoms with Crippen LogP contribution in [0.4, 0.5) is 0 Å². The summed E-state index contributed by atoms with van der Waals surface area (Å²) in [5, 5.41) is 201. The maximum atomic E-state index is 14.7. The molecule has 6 rings (SSSR count). The van der Waals surface area contributed by atoms with Crippen LogP contribution in [-0.4, -0.2) is 325 Å². The van der Waals surface area contributed by atoms with Gasteiger partial charge < -0.3 is 135 Å². The van der Waals surface area contributed by atoms with Crippen molar-refractivity contribution in [3.63, 3.8) is 0 Å². The van der Waals surface area contributed by atoms with Gasteiger partial charge in [-0.15, -0.1) is 0 Å². The quantitative estimate of drug-likeness (QED) is 0.0862. The van der Waals surface area contributed by atoms with Crippen molar-refractivity contribution in [2.24, 2.45) is 17.8 Å². The minimum absolute atomic E-state index is 0.121. The standard InChI is InChI=1S/C65H105N3O27/c1-36-17-15-13-11-9-7-5-6-8-10-12-14-16-18-43(92-62-56(82)52(54(80)39(4)91-62)66-35-65(88)60(85)59(47(77)34-89-65)94-63-58(84)57(83)55(81)49(33-70)93-63)30-48-51(61(86)68-23-21-67(22-24-68)25-26-69)46(76)32-64(87,95-48)31-42(73)28-45(75)44(74)20-19-40(71)27-41(72)29-50(78)90-38(3)37(2)53(36)79/h5-18,36-49,51-60,62-63,66,69-77,79-85,87-88H,19-35H2,1-4H3/b6-5+,9-7+,10-8+,13-11+,14-12+,17-15+,18-16+/t36-,37?,38-,39+,40+,41+,42-,43-,44+,45+,46-,47+,48?,49+,51?,52-,53+,54+,55-,56-,57-,58+,59+,60-,62-,63-,64+,65+/m0/s1. The fraction of sp³-hybridized carbons (Fsp3) is 0.754. The zero-order valence-electron chi connectivity index (χ0n) is 54.2. The summed E-state index contributed by atoms with van der Waals surface area (Å²) in [7, 11) is 0. The number of nitrogens with one attached hydrogen (secondary N) is 1. The van der Waals surface area contributed by atoms with E-state index in [9.17, 15) is 102 Å². The molecular weight excluding hydrogens is 1250 g/mol. The number of cyclic esters (lactones) is 1. The summed E-state index contributed by atoms with van der Waals surface area (Å²) >= 11 is 0. The van der Waals surface area contributed by atoms with Crippen molar-refractivity contribution in [2.45, 2.75) is 231 Å². The van der Waals surface area contributed by atoms with Crippen LogP contribution in [0.1, 0.15) is 79.1 Å². The molecule has 0 radical (unpaired) electrons. The highest BCUT2D eigenvalue weighted by molar-refractivity contribution is 5.80. The monoisotopic (exact) mass is 1360 g/mol. The van der Waals surface area contributed by atoms with Crippen LogP contribution < -0.4 is 5.32 Å². The molecule has 1 amide bonds. The maximum absolute atomic E-state index is 14.7. The van der Waals surface area contributed by atoms with E-state index in [1.165, 1.54) is 17.9 Å². The zero-order valence-corrected chi connectivity index (χ0v) is 54.2. The molecule has 19 N–H and O–H groups in total. The number of hydrogen-bond acceptors (Lipinski definition) is 29. The van der Waals surface area contributed by atoms with E-state index in [1.807, 2.05) is 11.8 Å². The Hall–Kier alpha value is -3.92. The smallest absolute Gasteiger partial charge is 0.308 e. The summed E-state index contributed by atoms with van der Waals surface area (Å²) in [5.74, 6) is -8.68. The molecule has 2 bridgehead atoms. The Balaban J connectivity index is 1.27. The number of carbonyl (C=O) groups excluding carboxylic acids is 2. The van der Waals surface area contributed by atoms with Gasteiger partial charge in [0.15, 0.2) is 18.4 Å². The van der Waals surface area contributed by atoms with E-state index >= 15 is 0 Å². The lowest BCUT2D eigenvalue weighted by molar-refractivity contribution is -0.368. The summed E-state index contributed by atoms with van der Waals surface area (Å²) in [4.78, 5) is 31.0. The van der Waals surface area contributed by atoms with Gasteiger partial charge in [-0.25, -0.2) is 0 Å². The number of β-amino-alcohol motifs (C(OH)–C–C–N with tert-alkyl or cyclic N) is 1. The molecule has 30 heteroatoms. The summed E-state index contributed by atoms with van der Waals surface area (Å²) in [6.45, 7) is 5.64. The molecule has 0 aromatic carbocycles. The molecule has 5 saturated heterocycles. The van der Waals surface area contributed by atoms with Crippen LogP contribution in [0.2, 0.25) is 0 Å². The van der Waals surface area contributed by atoms with Gasteiger partial charge in [-0.3, -0.25) is 14.5 Å². The van der Waals surface area contributed by atoms with E-state index in [0.29, 0.717) is 19.6 Å². The number of esters is 1. The lowest BCUT2D eigenvalue weighted by Gasteiger charge is -2.48. The first-order chi connectivity index (χ1) is 45.0. The van der Waals surface area contributed by atoms with Crippen LogP contribution in [0.3, 0.4) is 0 Å². The topological polar surface area (TPSA) is 481 Å². The molecule has 0 aromatic rings. The van der Waals surface area contributed by atoms with E-state index in [1.54, 1.807) is 92.8 Å². The maximum Gasteiger partial charge on any atom is 0.308 e. The Morgan fingerprint density at radius 2 is 1.22 bits per heavy atom. The van der Waals surface area contributed by atoms with Crippen molar-refractivity contribution in [1.29, 1.82) is 0 Å². The van der Waals surface area contributed by atoms with Gasteiger partial charge in [0.05, 0.1) is 112 Å². The molecule has 6 heterocycles. The average Bonchev–Trinajstić information content (AvgIpc) is 0.786. The lowest BCUT2D eigenvalue weighted by Crippen LogP contribution is -2.70. The number of aliphatic hydroxyl groups is 18. The molecular formula is C65H105N3O27. The average molecular weight is 1360 g/mol. The molecule has 5 fully saturated rings. The van der Waals surface area contributed by atoms with Crippen LogP contribution in [0, 0.1) is 17.8 Å². The first-order valence-corrected chi connectivity index (χ1v) is 32.7. The molecule has 6 aliphatic heterocycles. The highest BCUT2D eigenvalue weighted by atomic mass is 16.7. The second-order valence-corrected chi connectivity index (χ2v) is 25.9. The molecule has 30 nitrogen and oxygen atoms in total. The van der Waals surface area contributed by atoms with Gasteiger partial charge in [-0.05, 0) is 33.1 Å². The highest BCUT2D eigenvalue weighted by Gasteiger charge is 2.56. The molecule has 0 aromatic heterocycles. The zero-order chi connectivity index (χ0) is 69.9. The van der Waals surface area contributed by atoms with Crippen molar-refractivity contribution >= 4 is 11.9 Å². The van der Waals surface area contributed by atoms with Crippen molar-refractivity contribution in [3.05, 3.63) is 85.1 Å². The van der Waals surface area contributed by atoms with Crippen LogP contribution in [0.25, 0.3) is 0 Å². The third-order valence-electron chi connectivity index (χ3n) is 18.5. The van der Waals surface area contributed by atoms with Crippen molar-refractivity contribution in [1.82, 2.24) is 15.1 Å². The Morgan fingerprint density at radius 3 is 1.84 bits per heavy atom. The van der Waals surface area contributed by atoms with Gasteiger partial charge in [0, 0.05) is 70.2 Å². The summed E-state index contributed by atoms with van der Waals surface area (Å²) in [5.41, 5.74) is 0. The Morgan fingerprint density at radius 1 is 0.611 bits per heavy atom. The van der Waals surface area contributed by atoms with Crippen LogP contribution in [0.15, 0.2) is 85.1 Å². The number of fused-ring (bicyclic) bond motifs is 2. The van der Waals surface area contributed by atoms with Crippen molar-refractivity contribution in [3.8, 4) is 0 Å². The Kier molecular flexibility index (Phi) is 32.1. The number of nitrogens with zero attached hydrogens (tertiary/aromatic N) is 2. The lowest BCUT2D eigenvalue weighted by atomic mass is 9.81. The molecule has 0 saturated carbocycles. The predicted molar refractivity (Wildman–Crippen MR) is 335 cm³/mol. The summed E-state index contributed by atoms with van der Waals surface area (Å²) in [6.07, 6.45) is -13.8. The summed E-state index contributed by atoms with van der Waals surface area (Å²) in [6, 6.07) is -1.48. The first-order valence-electron chi connectivity index (χ1n) is 32.7. The van der Waals surface area contributed by atoms with Gasteiger partial charge in [-0.1, -0.05) is 98.9 Å². The van der Waals surface area contributed by atoms with Gasteiger partial charge >= 0.3 is 5.97 Å². The second kappa shape index (κ2) is 38.0. The summed E-state index contributed by atoms with van der Waals surface area (Å²) < 4.78 is 41.0. The van der Waals surface area contributed by atoms with E-state index in [-0.39, 0.29) is 44.9 Å². The molecule has 6 aliphatic rings. The third-order valence-corrected chi connectivity index (χ3v) is 18.5. The predicted octanol–water partition coefficient (Wildman–Crippen LogP) is -4.98. The largest absolute Gasteiger partial charge is 0.462 e. The van der Waals surface area contributed by atoms with E-state index in [4.69, 9.17) is 33.2 Å². The van der Waals surface area contributed by atoms with Crippen molar-refractivity contribution < 1.29 is 135 Å². The Bertz CT molecular complexity index is 2540. The Labute approximate surface area is 553 Å². The first kappa shape index (κ1) is 80.1. The van der Waals surface area contributed by atoms with Crippen LogP contribution >= 0.6 is 0 Å². The van der Waals surface area contributed by atoms with Crippen molar-refractivity contribution in [2.75, 3.05) is 59.1 Å². The molecule has 95 heavy (non-hydrogen) atoms. The molecule has 3 unspecified atom stereocenters. The fourth-order valence-corrected chi connectivity index (χ4v) is 12.5. The number of hydrogen-bond donors (Lipinski definition) is 19. The number of rotatable bonds is 11. The van der Waals surface area contributed by atoms with Gasteiger partial charge in [0.25, 0.3) is 0 Å². The van der Waals surface area contributed by atoms with E-state index in [0.717, 1.165) is 0 Å². The fourth-order valence-electron chi connectivity index (χ4n) is 12.5. The highest BCUT2D eigenvalue weighted by Crippen LogP contribution is 2.40. The minimum Gasteiger partial charge on any atom is -0.462 e. The number of carbonyl (C=O) groups is 2. The third kappa shape index (κ3) is 23.1. The van der Waals surface area contributed by atoms with Crippen LogP contribution in [-0.2, 0) is 42.7 Å². The molecule has 0 aliphatic carbocycles. The number of piperazine rings is 1. The SMILES string of the molecule is CC1[C@H](C)OC(=O)C[C@H](O)C[C@H](O)CC[C@@H](O)[C@H](O)C[C@H](O)C[C@]2(O)C[C@H](O)C(C(=O)N3CCN(CCO)CC3)C(C[C@@H](O[C@@H]3O[C@H](C)[C@@H](O)[C@H](NC[C@@]4(O)OC[C@@H](O)[C@@H](O[C@@H]5O[C@H](CO)[C@H](O)[C@H](O)[C@H]5O)[C@@H]4O)[C@@H]3O)/C=C/C=C/C=C/C=C/C=C/C=C/C=C/[C@H](C)[C@H]1O)O2. The number of ether oxygens (including phenoxy) is 7. The van der Waals surface area contributed by atoms with E-state index < -0.39 is 228 Å². The van der Waals surface area contributed by atoms with Crippen LogP contribution in [0.5, 0.6) is 0 Å².